The largest absolute Gasteiger partial charge is 0.433 e. The Balaban J connectivity index is 1.32. The van der Waals surface area contributed by atoms with Crippen LogP contribution >= 0.6 is 15.9 Å². The molecule has 10 nitrogen and oxygen atoms in total. The van der Waals surface area contributed by atoms with Crippen molar-refractivity contribution in [2.24, 2.45) is 5.41 Å². The lowest BCUT2D eigenvalue weighted by Crippen LogP contribution is -2.53. The molecule has 0 bridgehead atoms. The van der Waals surface area contributed by atoms with Crippen LogP contribution in [0.4, 0.5) is 18.9 Å². The number of benzene rings is 1. The number of nitrogens with zero attached hydrogens (tertiary/aromatic N) is 4. The van der Waals surface area contributed by atoms with Crippen LogP contribution in [-0.2, 0) is 17.5 Å². The Kier molecular flexibility index (Phi) is 8.05. The summed E-state index contributed by atoms with van der Waals surface area (Å²) in [6.45, 7) is 4.60. The smallest absolute Gasteiger partial charge is 0.396 e. The topological polar surface area (TPSA) is 131 Å². The fourth-order valence-corrected chi connectivity index (χ4v) is 4.92. The van der Waals surface area contributed by atoms with Gasteiger partial charge in [-0.25, -0.2) is 4.98 Å². The standard InChI is InChI=1S/C28H26BrF3N6O4/c1-15-24(36-26(41)21-8-23(28(30,31)32)35-22-6-4-18(29)7-20(21)22)16(2)38(37-15)10-19-5-3-17(9-33-19)25(40)34-11-27(12-39)13-42-14-27/h3-9,39H,10-14H2,1-2H3,(H,34,40)(H,36,41). The number of aliphatic hydroxyl groups excluding tert-OH is 1. The van der Waals surface area contributed by atoms with E-state index in [9.17, 15) is 27.9 Å². The van der Waals surface area contributed by atoms with Gasteiger partial charge >= 0.3 is 6.18 Å². The molecule has 1 fully saturated rings. The molecule has 1 saturated heterocycles. The number of rotatable bonds is 8. The van der Waals surface area contributed by atoms with Gasteiger partial charge in [-0.15, -0.1) is 0 Å². The molecule has 0 unspecified atom stereocenters. The number of nitrogens with one attached hydrogen (secondary N) is 2. The summed E-state index contributed by atoms with van der Waals surface area (Å²) in [6.07, 6.45) is -3.30. The molecule has 42 heavy (non-hydrogen) atoms. The number of ether oxygens (including phenoxy) is 1. The van der Waals surface area contributed by atoms with E-state index in [4.69, 9.17) is 4.74 Å². The maximum atomic E-state index is 13.5. The third-order valence-corrected chi connectivity index (χ3v) is 7.59. The highest BCUT2D eigenvalue weighted by atomic mass is 79.9. The van der Waals surface area contributed by atoms with Crippen molar-refractivity contribution in [3.05, 3.63) is 81.0 Å². The molecule has 5 rings (SSSR count). The Morgan fingerprint density at radius 2 is 1.90 bits per heavy atom. The van der Waals surface area contributed by atoms with Gasteiger partial charge in [-0.05, 0) is 50.2 Å². The molecule has 0 aliphatic carbocycles. The summed E-state index contributed by atoms with van der Waals surface area (Å²) in [6, 6.07) is 8.56. The van der Waals surface area contributed by atoms with E-state index in [0.29, 0.717) is 46.0 Å². The molecule has 1 aliphatic rings. The van der Waals surface area contributed by atoms with Crippen LogP contribution in [0, 0.1) is 19.3 Å². The fourth-order valence-electron chi connectivity index (χ4n) is 4.56. The number of halogens is 4. The zero-order chi connectivity index (χ0) is 30.2. The summed E-state index contributed by atoms with van der Waals surface area (Å²) in [5.41, 5.74) is 0.579. The first-order valence-electron chi connectivity index (χ1n) is 12.8. The average molecular weight is 647 g/mol. The van der Waals surface area contributed by atoms with E-state index < -0.39 is 23.2 Å². The lowest BCUT2D eigenvalue weighted by Gasteiger charge is -2.39. The van der Waals surface area contributed by atoms with Crippen molar-refractivity contribution in [1.82, 2.24) is 25.1 Å². The van der Waals surface area contributed by atoms with Gasteiger partial charge in [-0.3, -0.25) is 19.3 Å². The molecule has 0 atom stereocenters. The van der Waals surface area contributed by atoms with Gasteiger partial charge in [0.2, 0.25) is 0 Å². The number of anilines is 1. The summed E-state index contributed by atoms with van der Waals surface area (Å²) < 4.78 is 47.9. The lowest BCUT2D eigenvalue weighted by molar-refractivity contribution is -0.141. The number of hydrogen-bond donors (Lipinski definition) is 3. The van der Waals surface area contributed by atoms with Crippen LogP contribution in [0.5, 0.6) is 0 Å². The number of fused-ring (bicyclic) bond motifs is 1. The van der Waals surface area contributed by atoms with Crippen LogP contribution < -0.4 is 10.6 Å². The van der Waals surface area contributed by atoms with E-state index in [2.05, 4.69) is 41.6 Å². The van der Waals surface area contributed by atoms with Crippen LogP contribution in [0.3, 0.4) is 0 Å². The number of hydrogen-bond acceptors (Lipinski definition) is 7. The highest BCUT2D eigenvalue weighted by Crippen LogP contribution is 2.33. The highest BCUT2D eigenvalue weighted by Gasteiger charge is 2.38. The molecular weight excluding hydrogens is 621 g/mol. The molecule has 3 aromatic heterocycles. The Bertz CT molecular complexity index is 1660. The number of pyridine rings is 2. The zero-order valence-corrected chi connectivity index (χ0v) is 24.1. The predicted octanol–water partition coefficient (Wildman–Crippen LogP) is 4.26. The first kappa shape index (κ1) is 29.6. The number of amides is 2. The molecule has 4 heterocycles. The summed E-state index contributed by atoms with van der Waals surface area (Å²) in [5.74, 6) is -1.06. The minimum Gasteiger partial charge on any atom is -0.396 e. The Morgan fingerprint density at radius 1 is 1.14 bits per heavy atom. The van der Waals surface area contributed by atoms with Crippen LogP contribution in [0.15, 0.2) is 47.1 Å². The van der Waals surface area contributed by atoms with Crippen molar-refractivity contribution in [3.8, 4) is 0 Å². The SMILES string of the molecule is Cc1nn(Cc2ccc(C(=O)NCC3(CO)COC3)cn2)c(C)c1NC(=O)c1cc(C(F)(F)F)nc2ccc(Br)cc12. The number of aromatic nitrogens is 4. The molecular formula is C28H26BrF3N6O4. The van der Waals surface area contributed by atoms with E-state index in [1.54, 1.807) is 42.8 Å². The van der Waals surface area contributed by atoms with Crippen molar-refractivity contribution in [1.29, 1.82) is 0 Å². The maximum absolute atomic E-state index is 13.5. The number of aryl methyl sites for hydroxylation is 1. The number of aliphatic hydroxyl groups is 1. The van der Waals surface area contributed by atoms with Gasteiger partial charge in [0, 0.05) is 22.6 Å². The third-order valence-electron chi connectivity index (χ3n) is 7.10. The Hall–Kier alpha value is -3.88. The molecule has 2 amide bonds. The maximum Gasteiger partial charge on any atom is 0.433 e. The van der Waals surface area contributed by atoms with Gasteiger partial charge in [0.25, 0.3) is 11.8 Å². The molecule has 220 valence electrons. The number of carbonyl (C=O) groups excluding carboxylic acids is 2. The zero-order valence-electron chi connectivity index (χ0n) is 22.5. The molecule has 0 saturated carbocycles. The van der Waals surface area contributed by atoms with Crippen LogP contribution in [0.25, 0.3) is 10.9 Å². The molecule has 0 radical (unpaired) electrons. The van der Waals surface area contributed by atoms with Gasteiger partial charge < -0.3 is 20.5 Å². The summed E-state index contributed by atoms with van der Waals surface area (Å²) in [4.78, 5) is 33.9. The molecule has 1 aromatic carbocycles. The van der Waals surface area contributed by atoms with E-state index in [-0.39, 0.29) is 42.1 Å². The van der Waals surface area contributed by atoms with E-state index in [1.807, 2.05) is 0 Å². The molecule has 1 aliphatic heterocycles. The molecule has 3 N–H and O–H groups in total. The first-order chi connectivity index (χ1) is 19.9. The summed E-state index contributed by atoms with van der Waals surface area (Å²) >= 11 is 3.30. The third kappa shape index (κ3) is 6.01. The van der Waals surface area contributed by atoms with Crippen molar-refractivity contribution in [3.63, 3.8) is 0 Å². The quantitative estimate of drug-likeness (QED) is 0.261. The van der Waals surface area contributed by atoms with Gasteiger partial charge in [-0.1, -0.05) is 15.9 Å². The second-order valence-electron chi connectivity index (χ2n) is 10.2. The van der Waals surface area contributed by atoms with Crippen molar-refractivity contribution >= 4 is 44.3 Å². The summed E-state index contributed by atoms with van der Waals surface area (Å²) in [7, 11) is 0. The second kappa shape index (κ2) is 11.4. The summed E-state index contributed by atoms with van der Waals surface area (Å²) in [5, 5.41) is 19.8. The Morgan fingerprint density at radius 3 is 2.52 bits per heavy atom. The van der Waals surface area contributed by atoms with Crippen LogP contribution in [0.1, 0.15) is 43.5 Å². The Labute approximate surface area is 246 Å². The highest BCUT2D eigenvalue weighted by molar-refractivity contribution is 9.10. The van der Waals surface area contributed by atoms with Gasteiger partial charge in [0.15, 0.2) is 0 Å². The average Bonchev–Trinajstić information content (AvgIpc) is 3.19. The normalized spacial score (nSPS) is 14.5. The second-order valence-corrected chi connectivity index (χ2v) is 11.2. The predicted molar refractivity (Wildman–Crippen MR) is 150 cm³/mol. The minimum atomic E-state index is -4.73. The van der Waals surface area contributed by atoms with Gasteiger partial charge in [0.05, 0.1) is 71.2 Å². The first-order valence-corrected chi connectivity index (χ1v) is 13.6. The lowest BCUT2D eigenvalue weighted by atomic mass is 9.87. The van der Waals surface area contributed by atoms with E-state index in [0.717, 1.165) is 6.07 Å². The van der Waals surface area contributed by atoms with Crippen molar-refractivity contribution in [2.45, 2.75) is 26.6 Å². The van der Waals surface area contributed by atoms with E-state index in [1.165, 1.54) is 12.3 Å². The number of carbonyl (C=O) groups is 2. The van der Waals surface area contributed by atoms with Crippen LogP contribution in [-0.4, -0.2) is 63.0 Å². The number of alkyl halides is 3. The van der Waals surface area contributed by atoms with Gasteiger partial charge in [0.1, 0.15) is 5.69 Å². The van der Waals surface area contributed by atoms with E-state index >= 15 is 0 Å². The van der Waals surface area contributed by atoms with Crippen molar-refractivity contribution < 1.29 is 32.6 Å². The fraction of sp³-hybridized carbons (Fsp3) is 0.321. The molecule has 0 spiro atoms. The van der Waals surface area contributed by atoms with Crippen molar-refractivity contribution in [2.75, 3.05) is 31.7 Å². The monoisotopic (exact) mass is 646 g/mol. The van der Waals surface area contributed by atoms with Gasteiger partial charge in [-0.2, -0.15) is 18.3 Å². The molecule has 4 aromatic rings. The van der Waals surface area contributed by atoms with Crippen LogP contribution in [0.2, 0.25) is 0 Å². The minimum absolute atomic E-state index is 0.0375. The molecule has 14 heteroatoms.